The first-order chi connectivity index (χ1) is 19.3. The Kier molecular flexibility index (Phi) is 13.7. The smallest absolute Gasteiger partial charge is 0.388 e. The van der Waals surface area contributed by atoms with Crippen LogP contribution in [-0.2, 0) is 20.8 Å². The van der Waals surface area contributed by atoms with Gasteiger partial charge in [-0.15, -0.1) is 0 Å². The van der Waals surface area contributed by atoms with Crippen LogP contribution in [0.4, 0.5) is 11.4 Å². The van der Waals surface area contributed by atoms with Gasteiger partial charge in [-0.25, -0.2) is 16.8 Å². The molecule has 0 atom stereocenters. The summed E-state index contributed by atoms with van der Waals surface area (Å²) in [6.07, 6.45) is 0. The molecule has 0 unspecified atom stereocenters. The van der Waals surface area contributed by atoms with Crippen molar-refractivity contribution in [1.29, 1.82) is 10.8 Å². The molecule has 3 aromatic rings. The van der Waals surface area contributed by atoms with Gasteiger partial charge in [0.1, 0.15) is 5.75 Å². The fourth-order valence-electron chi connectivity index (χ4n) is 2.65. The van der Waals surface area contributed by atoms with E-state index in [1.807, 2.05) is 0 Å². The van der Waals surface area contributed by atoms with Crippen molar-refractivity contribution in [2.75, 3.05) is 14.2 Å². The number of rotatable bonds is 6. The second-order valence-electron chi connectivity index (χ2n) is 6.89. The lowest BCUT2D eigenvalue weighted by Gasteiger charge is -2.18. The fraction of sp³-hybridized carbons (Fsp3) is 0.100. The monoisotopic (exact) mass is 706 g/mol. The highest BCUT2D eigenvalue weighted by Crippen LogP contribution is 2.49. The third kappa shape index (κ3) is 12.6. The van der Waals surface area contributed by atoms with Crippen LogP contribution >= 0.6 is 46.4 Å². The molecule has 0 heterocycles. The van der Waals surface area contributed by atoms with E-state index in [1.165, 1.54) is 50.6 Å². The highest BCUT2D eigenvalue weighted by molar-refractivity contribution is 7.80. The third-order valence-electron chi connectivity index (χ3n) is 4.06. The molecular weight excluding hydrogens is 694 g/mol. The van der Waals surface area contributed by atoms with Gasteiger partial charge in [0.25, 0.3) is 0 Å². The van der Waals surface area contributed by atoms with Crippen molar-refractivity contribution in [2.45, 2.75) is 0 Å². The zero-order chi connectivity index (χ0) is 32.4. The lowest BCUT2D eigenvalue weighted by atomic mass is 10.2. The number of halogens is 4. The van der Waals surface area contributed by atoms with Crippen LogP contribution in [0.2, 0.25) is 20.1 Å². The molecule has 42 heavy (non-hydrogen) atoms. The summed E-state index contributed by atoms with van der Waals surface area (Å²) in [6.45, 7) is 0. The molecule has 0 spiro atoms. The first-order valence-electron chi connectivity index (χ1n) is 9.97. The predicted molar refractivity (Wildman–Crippen MR) is 147 cm³/mol. The Morgan fingerprint density at radius 1 is 0.643 bits per heavy atom. The van der Waals surface area contributed by atoms with Gasteiger partial charge < -0.3 is 28.1 Å². The van der Waals surface area contributed by atoms with E-state index in [0.29, 0.717) is 5.75 Å². The quantitative estimate of drug-likeness (QED) is 0.150. The minimum atomic E-state index is -4.92. The second kappa shape index (κ2) is 15.7. The first-order valence-corrected chi connectivity index (χ1v) is 14.2. The molecule has 0 amide bonds. The number of methoxy groups -OCH3 is 2. The maximum Gasteiger partial charge on any atom is 0.388 e. The average Bonchev–Trinajstić information content (AvgIpc) is 2.85. The van der Waals surface area contributed by atoms with Crippen LogP contribution in [0.25, 0.3) is 9.95 Å². The summed E-state index contributed by atoms with van der Waals surface area (Å²) in [4.78, 5) is 6.11. The van der Waals surface area contributed by atoms with Gasteiger partial charge in [-0.2, -0.15) is 0 Å². The van der Waals surface area contributed by atoms with Gasteiger partial charge >= 0.3 is 11.4 Å². The minimum Gasteiger partial charge on any atom is -0.726 e. The SMILES string of the molecule is COc1cc(Oc2c(Cl)cc([N+]#N)cc2Cl)c(OC)c(Oc2c(Cl)cc([N+]#N)cc2Cl)c1.O=S(=O)([O-])O.O=S(=O)([O-])O. The number of ether oxygens (including phenoxy) is 4. The van der Waals surface area contributed by atoms with E-state index >= 15 is 0 Å². The van der Waals surface area contributed by atoms with Crippen LogP contribution in [0.15, 0.2) is 36.4 Å². The van der Waals surface area contributed by atoms with E-state index in [2.05, 4.69) is 9.95 Å². The van der Waals surface area contributed by atoms with Gasteiger partial charge in [0.15, 0.2) is 32.9 Å². The van der Waals surface area contributed by atoms with Gasteiger partial charge in [-0.05, 0) is 0 Å². The molecule has 0 aromatic heterocycles. The molecule has 16 nitrogen and oxygen atoms in total. The number of benzene rings is 3. The lowest BCUT2D eigenvalue weighted by molar-refractivity contribution is 0.345. The van der Waals surface area contributed by atoms with E-state index in [1.54, 1.807) is 0 Å². The molecule has 0 saturated carbocycles. The highest BCUT2D eigenvalue weighted by Gasteiger charge is 2.23. The Balaban J connectivity index is 0.000000759. The molecule has 0 radical (unpaired) electrons. The molecule has 2 N–H and O–H groups in total. The van der Waals surface area contributed by atoms with Crippen molar-refractivity contribution in [3.05, 3.63) is 66.4 Å². The Morgan fingerprint density at radius 2 is 0.929 bits per heavy atom. The standard InChI is InChI=1S/C20H12Cl4N4O4.2H2O4S/c1-29-11-7-16(31-18-12(21)3-9(27-25)4-13(18)22)20(30-2)17(8-11)32-19-14(23)5-10(28-26)6-15(19)24;2*1-5(2,3)4/h3-8H,1-2H3;2*(H2,1,2,3,4)/q+2;;/p-2. The van der Waals surface area contributed by atoms with Gasteiger partial charge in [-0.3, -0.25) is 9.11 Å². The van der Waals surface area contributed by atoms with Crippen molar-refractivity contribution >= 4 is 78.6 Å². The first kappa shape index (κ1) is 36.6. The molecule has 0 saturated heterocycles. The van der Waals surface area contributed by atoms with E-state index in [-0.39, 0.29) is 60.2 Å². The zero-order valence-electron chi connectivity index (χ0n) is 20.6. The summed E-state index contributed by atoms with van der Waals surface area (Å²) in [5.74, 6) is 0.963. The molecule has 0 fully saturated rings. The fourth-order valence-corrected chi connectivity index (χ4v) is 3.75. The number of diazo groups is 2. The molecule has 226 valence electrons. The van der Waals surface area contributed by atoms with Crippen LogP contribution < -0.4 is 18.9 Å². The minimum absolute atomic E-state index is 0.0863. The Labute approximate surface area is 257 Å². The molecule has 0 aliphatic carbocycles. The molecule has 3 aromatic carbocycles. The van der Waals surface area contributed by atoms with Crippen molar-refractivity contribution in [2.24, 2.45) is 0 Å². The number of hydrogen-bond acceptors (Lipinski definition) is 12. The normalized spacial score (nSPS) is 10.5. The summed E-state index contributed by atoms with van der Waals surface area (Å²) in [7, 11) is -6.99. The van der Waals surface area contributed by atoms with Crippen molar-refractivity contribution in [3.63, 3.8) is 0 Å². The Bertz CT molecular complexity index is 1580. The summed E-state index contributed by atoms with van der Waals surface area (Å²) < 4.78 is 88.2. The Morgan fingerprint density at radius 3 is 1.14 bits per heavy atom. The molecule has 0 aliphatic heterocycles. The maximum absolute atomic E-state index is 8.94. The van der Waals surface area contributed by atoms with Crippen LogP contribution in [0.3, 0.4) is 0 Å². The number of hydrogen-bond donors (Lipinski definition) is 2. The largest absolute Gasteiger partial charge is 0.726 e. The van der Waals surface area contributed by atoms with E-state index in [4.69, 9.17) is 111 Å². The topological polar surface area (TPSA) is 248 Å². The van der Waals surface area contributed by atoms with E-state index in [9.17, 15) is 0 Å². The lowest BCUT2D eigenvalue weighted by Crippen LogP contribution is -1.97. The average molecular weight is 708 g/mol. The molecule has 22 heteroatoms. The molecular formula is C20H14Cl4N4O12S2. The van der Waals surface area contributed by atoms with Crippen molar-refractivity contribution in [1.82, 2.24) is 0 Å². The number of nitrogens with zero attached hydrogens (tertiary/aromatic N) is 4. The van der Waals surface area contributed by atoms with E-state index < -0.39 is 20.8 Å². The van der Waals surface area contributed by atoms with Gasteiger partial charge in [-0.1, -0.05) is 46.4 Å². The van der Waals surface area contributed by atoms with Crippen LogP contribution in [-0.4, -0.2) is 49.3 Å². The van der Waals surface area contributed by atoms with Crippen molar-refractivity contribution in [3.8, 4) is 34.5 Å². The summed E-state index contributed by atoms with van der Waals surface area (Å²) in [5.41, 5.74) is 0.299. The summed E-state index contributed by atoms with van der Waals surface area (Å²) in [5, 5.41) is 18.2. The maximum atomic E-state index is 8.94. The third-order valence-corrected chi connectivity index (χ3v) is 5.18. The molecule has 0 bridgehead atoms. The summed E-state index contributed by atoms with van der Waals surface area (Å²) in [6, 6.07) is 8.50. The van der Waals surface area contributed by atoms with Crippen LogP contribution in [0.5, 0.6) is 34.5 Å². The van der Waals surface area contributed by atoms with Crippen molar-refractivity contribution < 1.29 is 54.0 Å². The highest BCUT2D eigenvalue weighted by atomic mass is 35.5. The van der Waals surface area contributed by atoms with Crippen LogP contribution in [0, 0.1) is 10.8 Å². The Hall–Kier alpha value is -3.40. The molecule has 0 aliphatic rings. The molecule has 3 rings (SSSR count). The van der Waals surface area contributed by atoms with Crippen LogP contribution in [0.1, 0.15) is 0 Å². The zero-order valence-corrected chi connectivity index (χ0v) is 25.2. The van der Waals surface area contributed by atoms with E-state index in [0.717, 1.165) is 0 Å². The van der Waals surface area contributed by atoms with Gasteiger partial charge in [0.05, 0.1) is 58.6 Å². The predicted octanol–water partition coefficient (Wildman–Crippen LogP) is 6.88. The van der Waals surface area contributed by atoms with Gasteiger partial charge in [0.2, 0.25) is 37.3 Å². The van der Waals surface area contributed by atoms with Gasteiger partial charge in [0, 0.05) is 12.1 Å². The summed E-state index contributed by atoms with van der Waals surface area (Å²) >= 11 is 24.9. The second-order valence-corrected chi connectivity index (χ2v) is 10.2.